The molecule has 2 aliphatic heterocycles. The Morgan fingerprint density at radius 3 is 1.58 bits per heavy atom. The van der Waals surface area contributed by atoms with Crippen LogP contribution in [0.25, 0.3) is 32.7 Å². The highest BCUT2D eigenvalue weighted by Crippen LogP contribution is 2.61. The van der Waals surface area contributed by atoms with Gasteiger partial charge in [0.2, 0.25) is 0 Å². The fourth-order valence-electron chi connectivity index (χ4n) is 10.6. The summed E-state index contributed by atoms with van der Waals surface area (Å²) in [6.07, 6.45) is 4.51. The number of nitrogens with zero attached hydrogens (tertiary/aromatic N) is 2. The van der Waals surface area contributed by atoms with Crippen molar-refractivity contribution in [3.63, 3.8) is 0 Å². The van der Waals surface area contributed by atoms with E-state index in [9.17, 15) is 0 Å². The lowest BCUT2D eigenvalue weighted by Crippen LogP contribution is -2.34. The summed E-state index contributed by atoms with van der Waals surface area (Å²) in [4.78, 5) is 5.18. The number of hydrogen-bond donors (Lipinski definition) is 0. The van der Waals surface area contributed by atoms with Crippen molar-refractivity contribution in [3.8, 4) is 11.1 Å². The van der Waals surface area contributed by atoms with Crippen molar-refractivity contribution in [3.05, 3.63) is 203 Å². The van der Waals surface area contributed by atoms with Crippen LogP contribution in [-0.4, -0.2) is 12.1 Å². The van der Waals surface area contributed by atoms with Gasteiger partial charge in [0.05, 0.1) is 5.41 Å². The zero-order chi connectivity index (χ0) is 36.7. The van der Waals surface area contributed by atoms with Crippen molar-refractivity contribution >= 4 is 44.3 Å². The van der Waals surface area contributed by atoms with E-state index < -0.39 is 5.41 Å². The Morgan fingerprint density at radius 2 is 0.964 bits per heavy atom. The number of benzene rings is 8. The summed E-state index contributed by atoms with van der Waals surface area (Å²) < 4.78 is 0. The average molecular weight is 709 g/mol. The molecule has 0 N–H and O–H groups in total. The van der Waals surface area contributed by atoms with Gasteiger partial charge in [0.15, 0.2) is 0 Å². The van der Waals surface area contributed by atoms with Crippen molar-refractivity contribution in [2.45, 2.75) is 57.0 Å². The lowest BCUT2D eigenvalue weighted by Gasteiger charge is -2.39. The molecule has 266 valence electrons. The topological polar surface area (TPSA) is 6.48 Å². The second-order valence-electron chi connectivity index (χ2n) is 16.0. The molecule has 2 heteroatoms. The SMILES string of the molecule is CC1CCc2ccccc2N1c1ccc2c(c1)C(c1ccccc1)(c1ccccc1)c1c-2c2ccccc2c2cc(N3c4ccccc4CCC3C)ccc12. The van der Waals surface area contributed by atoms with Gasteiger partial charge in [0, 0.05) is 34.8 Å². The molecule has 8 aromatic rings. The summed E-state index contributed by atoms with van der Waals surface area (Å²) in [7, 11) is 0. The van der Waals surface area contributed by atoms with Crippen LogP contribution in [-0.2, 0) is 18.3 Å². The van der Waals surface area contributed by atoms with Crippen molar-refractivity contribution in [1.82, 2.24) is 0 Å². The molecule has 2 atom stereocenters. The first-order valence-electron chi connectivity index (χ1n) is 20.1. The zero-order valence-electron chi connectivity index (χ0n) is 31.5. The summed E-state index contributed by atoms with van der Waals surface area (Å²) in [6.45, 7) is 4.77. The van der Waals surface area contributed by atoms with E-state index in [1.54, 1.807) is 0 Å². The number of anilines is 4. The smallest absolute Gasteiger partial charge is 0.0720 e. The van der Waals surface area contributed by atoms with Crippen molar-refractivity contribution in [1.29, 1.82) is 0 Å². The molecule has 11 rings (SSSR count). The van der Waals surface area contributed by atoms with Gasteiger partial charge in [-0.2, -0.15) is 0 Å². The number of hydrogen-bond acceptors (Lipinski definition) is 2. The summed E-state index contributed by atoms with van der Waals surface area (Å²) in [5.74, 6) is 0. The Morgan fingerprint density at radius 1 is 0.455 bits per heavy atom. The Bertz CT molecular complexity index is 2730. The van der Waals surface area contributed by atoms with E-state index in [2.05, 4.69) is 194 Å². The monoisotopic (exact) mass is 708 g/mol. The summed E-state index contributed by atoms with van der Waals surface area (Å²) in [5, 5.41) is 5.25. The van der Waals surface area contributed by atoms with Crippen LogP contribution in [0.5, 0.6) is 0 Å². The van der Waals surface area contributed by atoms with Gasteiger partial charge in [-0.1, -0.05) is 133 Å². The maximum atomic E-state index is 2.60. The molecule has 8 aromatic carbocycles. The third kappa shape index (κ3) is 4.67. The number of para-hydroxylation sites is 2. The van der Waals surface area contributed by atoms with E-state index in [1.807, 2.05) is 0 Å². The largest absolute Gasteiger partial charge is 0.338 e. The van der Waals surface area contributed by atoms with Crippen LogP contribution >= 0.6 is 0 Å². The molecular formula is C53H44N2. The third-order valence-electron chi connectivity index (χ3n) is 13.1. The molecule has 0 bridgehead atoms. The van der Waals surface area contributed by atoms with Crippen LogP contribution in [0.2, 0.25) is 0 Å². The van der Waals surface area contributed by atoms with Crippen LogP contribution in [0.3, 0.4) is 0 Å². The molecule has 2 unspecified atom stereocenters. The minimum Gasteiger partial charge on any atom is -0.338 e. The lowest BCUT2D eigenvalue weighted by molar-refractivity contribution is 0.617. The van der Waals surface area contributed by atoms with Crippen LogP contribution in [0.4, 0.5) is 22.7 Å². The molecule has 0 saturated heterocycles. The van der Waals surface area contributed by atoms with Gasteiger partial charge in [0.1, 0.15) is 0 Å². The molecule has 3 aliphatic rings. The van der Waals surface area contributed by atoms with E-state index in [-0.39, 0.29) is 0 Å². The molecular weight excluding hydrogens is 665 g/mol. The first-order valence-corrected chi connectivity index (χ1v) is 20.1. The van der Waals surface area contributed by atoms with E-state index in [4.69, 9.17) is 0 Å². The summed E-state index contributed by atoms with van der Waals surface area (Å²) in [6, 6.07) is 65.3. The van der Waals surface area contributed by atoms with E-state index in [1.165, 1.54) is 88.8 Å². The third-order valence-corrected chi connectivity index (χ3v) is 13.1. The van der Waals surface area contributed by atoms with Gasteiger partial charge in [-0.05, 0) is 142 Å². The van der Waals surface area contributed by atoms with Crippen LogP contribution < -0.4 is 9.80 Å². The highest BCUT2D eigenvalue weighted by atomic mass is 15.2. The van der Waals surface area contributed by atoms with E-state index in [0.717, 1.165) is 25.7 Å². The van der Waals surface area contributed by atoms with Crippen molar-refractivity contribution < 1.29 is 0 Å². The number of aryl methyl sites for hydroxylation is 2. The van der Waals surface area contributed by atoms with Crippen molar-refractivity contribution in [2.75, 3.05) is 9.80 Å². The molecule has 0 spiro atoms. The van der Waals surface area contributed by atoms with Crippen LogP contribution in [0.15, 0.2) is 170 Å². The maximum absolute atomic E-state index is 2.60. The summed E-state index contributed by atoms with van der Waals surface area (Å²) in [5.41, 5.74) is 15.5. The predicted octanol–water partition coefficient (Wildman–Crippen LogP) is 13.3. The number of rotatable bonds is 4. The molecule has 0 saturated carbocycles. The van der Waals surface area contributed by atoms with Gasteiger partial charge >= 0.3 is 0 Å². The van der Waals surface area contributed by atoms with Gasteiger partial charge < -0.3 is 9.80 Å². The Labute approximate surface area is 324 Å². The molecule has 0 amide bonds. The molecule has 0 fully saturated rings. The molecule has 1 aliphatic carbocycles. The first kappa shape index (κ1) is 32.3. The first-order chi connectivity index (χ1) is 27.1. The predicted molar refractivity (Wildman–Crippen MR) is 231 cm³/mol. The summed E-state index contributed by atoms with van der Waals surface area (Å²) >= 11 is 0. The lowest BCUT2D eigenvalue weighted by atomic mass is 9.66. The molecule has 2 nitrogen and oxygen atoms in total. The van der Waals surface area contributed by atoms with Gasteiger partial charge in [0.25, 0.3) is 0 Å². The van der Waals surface area contributed by atoms with Gasteiger partial charge in [-0.3, -0.25) is 0 Å². The fraction of sp³-hybridized carbons (Fsp3) is 0.170. The second-order valence-corrected chi connectivity index (χ2v) is 16.0. The van der Waals surface area contributed by atoms with Crippen LogP contribution in [0, 0.1) is 0 Å². The number of fused-ring (bicyclic) bond motifs is 10. The quantitative estimate of drug-likeness (QED) is 0.168. The van der Waals surface area contributed by atoms with Gasteiger partial charge in [-0.25, -0.2) is 0 Å². The van der Waals surface area contributed by atoms with E-state index >= 15 is 0 Å². The molecule has 55 heavy (non-hydrogen) atoms. The highest BCUT2D eigenvalue weighted by Gasteiger charge is 2.48. The fourth-order valence-corrected chi connectivity index (χ4v) is 10.6. The van der Waals surface area contributed by atoms with Crippen molar-refractivity contribution in [2.24, 2.45) is 0 Å². The molecule has 0 radical (unpaired) electrons. The zero-order valence-corrected chi connectivity index (χ0v) is 31.5. The maximum Gasteiger partial charge on any atom is 0.0720 e. The van der Waals surface area contributed by atoms with Gasteiger partial charge in [-0.15, -0.1) is 0 Å². The highest BCUT2D eigenvalue weighted by molar-refractivity contribution is 6.20. The molecule has 2 heterocycles. The van der Waals surface area contributed by atoms with E-state index in [0.29, 0.717) is 12.1 Å². The Balaban J connectivity index is 1.25. The Hall–Kier alpha value is -6.12. The van der Waals surface area contributed by atoms with Crippen LogP contribution in [0.1, 0.15) is 60.1 Å². The minimum atomic E-state index is -0.545. The average Bonchev–Trinajstić information content (AvgIpc) is 3.55. The minimum absolute atomic E-state index is 0.391. The standard InChI is InChI=1S/C53H44N2/c1-35-25-27-37-15-9-13-23-49(37)54(35)41-29-31-45-47(33-41)43-21-11-12-22-44(43)51-46-32-30-42(55-36(2)26-28-38-16-10-14-24-50(38)55)34-48(46)53(52(45)51,39-17-5-3-6-18-39)40-19-7-4-8-20-40/h3-24,29-36H,25-28H2,1-2H3. The molecule has 0 aromatic heterocycles. The second kappa shape index (κ2) is 12.5. The normalized spacial score (nSPS) is 18.1. The Kier molecular flexibility index (Phi) is 7.33.